The van der Waals surface area contributed by atoms with Gasteiger partial charge in [-0.15, -0.1) is 0 Å². The Morgan fingerprint density at radius 3 is 2.64 bits per heavy atom. The van der Waals surface area contributed by atoms with Crippen molar-refractivity contribution in [1.29, 1.82) is 0 Å². The Bertz CT molecular complexity index is 1460. The lowest BCUT2D eigenvalue weighted by molar-refractivity contribution is -0.121. The maximum Gasteiger partial charge on any atom is 0.249 e. The van der Waals surface area contributed by atoms with Crippen LogP contribution in [0.5, 0.6) is 5.75 Å². The smallest absolute Gasteiger partial charge is 0.249 e. The number of likely N-dealkylation sites (N-methyl/N-ethyl adjacent to an activating group) is 1. The summed E-state index contributed by atoms with van der Waals surface area (Å²) in [6.45, 7) is 6.44. The van der Waals surface area contributed by atoms with Crippen molar-refractivity contribution in [2.75, 3.05) is 73.6 Å². The van der Waals surface area contributed by atoms with Gasteiger partial charge in [-0.25, -0.2) is 4.98 Å². The van der Waals surface area contributed by atoms with Gasteiger partial charge in [-0.3, -0.25) is 14.5 Å². The average Bonchev–Trinajstić information content (AvgIpc) is 3.43. The largest absolute Gasteiger partial charge is 0.494 e. The number of nitrogens with zero attached hydrogens (tertiary/aromatic N) is 6. The molecule has 1 aromatic heterocycles. The highest BCUT2D eigenvalue weighted by atomic mass is 16.5. The number of rotatable bonds is 8. The highest BCUT2D eigenvalue weighted by molar-refractivity contribution is 6.04. The topological polar surface area (TPSA) is 103 Å². The number of morpholine rings is 1. The highest BCUT2D eigenvalue weighted by Gasteiger charge is 2.37. The van der Waals surface area contributed by atoms with Crippen molar-refractivity contribution in [2.45, 2.75) is 32.4 Å². The number of carbonyl (C=O) groups excluding carboxylic acids is 2. The zero-order valence-corrected chi connectivity index (χ0v) is 24.4. The summed E-state index contributed by atoms with van der Waals surface area (Å²) in [5, 5.41) is 3.35. The molecule has 0 aliphatic carbocycles. The molecule has 6 rings (SSSR count). The molecule has 42 heavy (non-hydrogen) atoms. The van der Waals surface area contributed by atoms with Gasteiger partial charge in [-0.05, 0) is 30.0 Å². The molecule has 1 N–H and O–H groups in total. The minimum absolute atomic E-state index is 0.0262. The number of ether oxygens (including phenoxy) is 2. The van der Waals surface area contributed by atoms with Gasteiger partial charge in [0.15, 0.2) is 5.82 Å². The SMILES string of the molecule is CC[C@@H]1C(=O)N(C)c2cnc(Nc3cc4c(cc3OC)N(C(=O)CN3CCOCC3)CC4)nc2N1Cc1ccccc1. The molecule has 3 aromatic rings. The maximum atomic E-state index is 13.2. The van der Waals surface area contributed by atoms with Crippen LogP contribution in [0.15, 0.2) is 48.7 Å². The number of nitrogens with one attached hydrogen (secondary N) is 1. The van der Waals surface area contributed by atoms with Crippen LogP contribution in [0.3, 0.4) is 0 Å². The predicted molar refractivity (Wildman–Crippen MR) is 162 cm³/mol. The Hall–Kier alpha value is -4.22. The summed E-state index contributed by atoms with van der Waals surface area (Å²) in [4.78, 5) is 43.6. The number of hydrogen-bond acceptors (Lipinski definition) is 9. The van der Waals surface area contributed by atoms with Crippen molar-refractivity contribution in [3.8, 4) is 5.75 Å². The quantitative estimate of drug-likeness (QED) is 0.437. The molecule has 0 unspecified atom stereocenters. The van der Waals surface area contributed by atoms with Gasteiger partial charge in [0.25, 0.3) is 0 Å². The van der Waals surface area contributed by atoms with E-state index in [-0.39, 0.29) is 17.9 Å². The third-order valence-corrected chi connectivity index (χ3v) is 8.26. The lowest BCUT2D eigenvalue weighted by Crippen LogP contribution is -2.52. The fraction of sp³-hybridized carbons (Fsp3) is 0.419. The third-order valence-electron chi connectivity index (χ3n) is 8.26. The van der Waals surface area contributed by atoms with Gasteiger partial charge in [-0.2, -0.15) is 4.98 Å². The van der Waals surface area contributed by atoms with E-state index in [2.05, 4.69) is 32.2 Å². The van der Waals surface area contributed by atoms with Gasteiger partial charge in [0.1, 0.15) is 17.5 Å². The van der Waals surface area contributed by atoms with Crippen molar-refractivity contribution in [3.05, 3.63) is 59.8 Å². The number of hydrogen-bond donors (Lipinski definition) is 1. The van der Waals surface area contributed by atoms with E-state index in [4.69, 9.17) is 14.5 Å². The monoisotopic (exact) mass is 571 g/mol. The standard InChI is InChI=1S/C31H37N7O4/c1-4-24-30(40)35(2)26-18-32-31(34-29(26)38(24)19-21-8-6-5-7-9-21)33-23-16-22-10-11-37(25(22)17-27(23)41-3)28(39)20-36-12-14-42-15-13-36/h5-9,16-18,24H,4,10-15,19-20H2,1-3H3,(H,32,33,34)/t24-/m1/s1. The van der Waals surface area contributed by atoms with Crippen molar-refractivity contribution >= 4 is 40.6 Å². The molecular formula is C31H37N7O4. The van der Waals surface area contributed by atoms with E-state index >= 15 is 0 Å². The number of anilines is 5. The van der Waals surface area contributed by atoms with Gasteiger partial charge in [0.2, 0.25) is 17.8 Å². The number of methoxy groups -OCH3 is 1. The normalized spacial score (nSPS) is 18.6. The van der Waals surface area contributed by atoms with E-state index in [1.54, 1.807) is 25.3 Å². The van der Waals surface area contributed by atoms with E-state index in [1.807, 2.05) is 42.2 Å². The number of fused-ring (bicyclic) bond motifs is 2. The molecule has 1 saturated heterocycles. The number of aromatic nitrogens is 2. The molecule has 0 saturated carbocycles. The zero-order valence-electron chi connectivity index (χ0n) is 24.4. The summed E-state index contributed by atoms with van der Waals surface area (Å²) >= 11 is 0. The van der Waals surface area contributed by atoms with Crippen molar-refractivity contribution in [3.63, 3.8) is 0 Å². The molecule has 2 aromatic carbocycles. The summed E-state index contributed by atoms with van der Waals surface area (Å²) in [5.74, 6) is 1.81. The summed E-state index contributed by atoms with van der Waals surface area (Å²) in [6, 6.07) is 13.7. The van der Waals surface area contributed by atoms with E-state index in [9.17, 15) is 9.59 Å². The maximum absolute atomic E-state index is 13.2. The molecule has 0 radical (unpaired) electrons. The minimum atomic E-state index is -0.332. The molecule has 2 amide bonds. The number of carbonyl (C=O) groups is 2. The third kappa shape index (κ3) is 5.37. The second-order valence-electron chi connectivity index (χ2n) is 10.8. The van der Waals surface area contributed by atoms with Crippen LogP contribution >= 0.6 is 0 Å². The fourth-order valence-electron chi connectivity index (χ4n) is 5.96. The number of benzene rings is 2. The van der Waals surface area contributed by atoms with Gasteiger partial charge < -0.3 is 29.5 Å². The molecule has 4 heterocycles. The first-order valence-electron chi connectivity index (χ1n) is 14.5. The zero-order chi connectivity index (χ0) is 29.2. The molecule has 1 fully saturated rings. The molecule has 11 heteroatoms. The van der Waals surface area contributed by atoms with Crippen molar-refractivity contribution < 1.29 is 19.1 Å². The average molecular weight is 572 g/mol. The Morgan fingerprint density at radius 1 is 1.12 bits per heavy atom. The van der Waals surface area contributed by atoms with Gasteiger partial charge >= 0.3 is 0 Å². The first-order valence-corrected chi connectivity index (χ1v) is 14.5. The molecule has 220 valence electrons. The van der Waals surface area contributed by atoms with E-state index < -0.39 is 0 Å². The van der Waals surface area contributed by atoms with E-state index in [0.717, 1.165) is 42.0 Å². The van der Waals surface area contributed by atoms with Crippen LogP contribution in [0.1, 0.15) is 24.5 Å². The van der Waals surface area contributed by atoms with Crippen LogP contribution in [0.4, 0.5) is 28.8 Å². The van der Waals surface area contributed by atoms with Gasteiger partial charge in [0.05, 0.1) is 44.4 Å². The lowest BCUT2D eigenvalue weighted by atomic mass is 10.1. The summed E-state index contributed by atoms with van der Waals surface area (Å²) in [7, 11) is 3.39. The van der Waals surface area contributed by atoms with Gasteiger partial charge in [0, 0.05) is 39.3 Å². The minimum Gasteiger partial charge on any atom is -0.494 e. The van der Waals surface area contributed by atoms with Crippen LogP contribution in [-0.4, -0.2) is 86.3 Å². The fourth-order valence-corrected chi connectivity index (χ4v) is 5.96. The molecular weight excluding hydrogens is 534 g/mol. The van der Waals surface area contributed by atoms with Crippen LogP contribution in [0.25, 0.3) is 0 Å². The van der Waals surface area contributed by atoms with Crippen molar-refractivity contribution in [2.24, 2.45) is 0 Å². The van der Waals surface area contributed by atoms with Crippen LogP contribution in [-0.2, 0) is 27.3 Å². The summed E-state index contributed by atoms with van der Waals surface area (Å²) < 4.78 is 11.2. The molecule has 11 nitrogen and oxygen atoms in total. The highest BCUT2D eigenvalue weighted by Crippen LogP contribution is 2.40. The summed E-state index contributed by atoms with van der Waals surface area (Å²) in [5.41, 5.74) is 4.43. The van der Waals surface area contributed by atoms with Crippen LogP contribution in [0, 0.1) is 0 Å². The second-order valence-corrected chi connectivity index (χ2v) is 10.8. The molecule has 3 aliphatic heterocycles. The Kier molecular flexibility index (Phi) is 7.94. The van der Waals surface area contributed by atoms with Gasteiger partial charge in [-0.1, -0.05) is 37.3 Å². The predicted octanol–water partition coefficient (Wildman–Crippen LogP) is 3.21. The first-order chi connectivity index (χ1) is 20.5. The molecule has 3 aliphatic rings. The van der Waals surface area contributed by atoms with Crippen molar-refractivity contribution in [1.82, 2.24) is 14.9 Å². The van der Waals surface area contributed by atoms with E-state index in [1.165, 1.54) is 0 Å². The van der Waals surface area contributed by atoms with Crippen LogP contribution in [0.2, 0.25) is 0 Å². The van der Waals surface area contributed by atoms with E-state index in [0.29, 0.717) is 62.5 Å². The second kappa shape index (κ2) is 11.9. The molecule has 0 bridgehead atoms. The Labute approximate surface area is 246 Å². The first kappa shape index (κ1) is 27.9. The summed E-state index contributed by atoms with van der Waals surface area (Å²) in [6.07, 6.45) is 3.10. The lowest BCUT2D eigenvalue weighted by Gasteiger charge is -2.40. The number of amides is 2. The van der Waals surface area contributed by atoms with Crippen LogP contribution < -0.4 is 24.8 Å². The Morgan fingerprint density at radius 2 is 1.90 bits per heavy atom. The molecule has 0 spiro atoms. The Balaban J connectivity index is 1.27. The molecule has 1 atom stereocenters.